The van der Waals surface area contributed by atoms with Crippen molar-refractivity contribution in [2.45, 2.75) is 32.2 Å². The Bertz CT molecular complexity index is 929. The molecule has 2 amide bonds. The number of aromatic nitrogens is 4. The van der Waals surface area contributed by atoms with Crippen molar-refractivity contribution < 1.29 is 9.59 Å². The first kappa shape index (κ1) is 17.7. The Morgan fingerprint density at radius 1 is 1.30 bits per heavy atom. The van der Waals surface area contributed by atoms with Crippen LogP contribution >= 0.6 is 0 Å². The molecule has 2 fully saturated rings. The number of aryl methyl sites for hydroxylation is 1. The fourth-order valence-electron chi connectivity index (χ4n) is 3.55. The highest BCUT2D eigenvalue weighted by Crippen LogP contribution is 2.28. The topological polar surface area (TPSA) is 102 Å². The molecule has 1 N–H and O–H groups in total. The van der Waals surface area contributed by atoms with Gasteiger partial charge >= 0.3 is 0 Å². The van der Waals surface area contributed by atoms with E-state index < -0.39 is 0 Å². The zero-order chi connectivity index (χ0) is 19.0. The van der Waals surface area contributed by atoms with Crippen LogP contribution in [0.1, 0.15) is 25.7 Å². The normalized spacial score (nSPS) is 20.0. The lowest BCUT2D eigenvalue weighted by molar-refractivity contribution is -0.136. The summed E-state index contributed by atoms with van der Waals surface area (Å²) in [7, 11) is 1.71. The highest BCUT2D eigenvalue weighted by molar-refractivity contribution is 5.81. The van der Waals surface area contributed by atoms with Crippen LogP contribution in [0.4, 0.5) is 0 Å². The first-order valence-electron chi connectivity index (χ1n) is 9.45. The van der Waals surface area contributed by atoms with Crippen molar-refractivity contribution in [3.8, 4) is 0 Å². The molecule has 3 heterocycles. The van der Waals surface area contributed by atoms with Crippen molar-refractivity contribution in [1.29, 1.82) is 0 Å². The Labute approximate surface area is 156 Å². The Morgan fingerprint density at radius 2 is 2.11 bits per heavy atom. The van der Waals surface area contributed by atoms with Gasteiger partial charge < -0.3 is 10.2 Å². The number of hydrogen-bond acceptors (Lipinski definition) is 5. The van der Waals surface area contributed by atoms with Crippen LogP contribution in [0.3, 0.4) is 0 Å². The molecule has 9 nitrogen and oxygen atoms in total. The molecular weight excluding hydrogens is 348 g/mol. The fourth-order valence-corrected chi connectivity index (χ4v) is 3.55. The third-order valence-corrected chi connectivity index (χ3v) is 5.43. The number of hydrogen-bond donors (Lipinski definition) is 1. The van der Waals surface area contributed by atoms with E-state index in [0.717, 1.165) is 19.4 Å². The van der Waals surface area contributed by atoms with Gasteiger partial charge in [0.25, 0.3) is 5.56 Å². The van der Waals surface area contributed by atoms with Crippen molar-refractivity contribution in [3.05, 3.63) is 22.9 Å². The summed E-state index contributed by atoms with van der Waals surface area (Å²) < 4.78 is 2.83. The lowest BCUT2D eigenvalue weighted by Gasteiger charge is -2.32. The van der Waals surface area contributed by atoms with Gasteiger partial charge in [-0.15, -0.1) is 0 Å². The van der Waals surface area contributed by atoms with E-state index in [1.165, 1.54) is 34.6 Å². The molecule has 0 spiro atoms. The highest BCUT2D eigenvalue weighted by Gasteiger charge is 2.30. The third kappa shape index (κ3) is 3.72. The molecule has 1 saturated carbocycles. The molecule has 1 aliphatic heterocycles. The number of amides is 2. The maximum atomic E-state index is 12.7. The van der Waals surface area contributed by atoms with Gasteiger partial charge in [0.05, 0.1) is 12.1 Å². The van der Waals surface area contributed by atoms with Crippen LogP contribution in [-0.2, 0) is 23.2 Å². The van der Waals surface area contributed by atoms with E-state index >= 15 is 0 Å². The van der Waals surface area contributed by atoms with E-state index in [2.05, 4.69) is 15.4 Å². The Kier molecular flexibility index (Phi) is 4.67. The van der Waals surface area contributed by atoms with E-state index in [1.807, 2.05) is 0 Å². The average Bonchev–Trinajstić information content (AvgIpc) is 3.43. The molecule has 1 unspecified atom stereocenters. The number of nitrogens with one attached hydrogen (secondary N) is 1. The lowest BCUT2D eigenvalue weighted by atomic mass is 9.97. The van der Waals surface area contributed by atoms with Crippen molar-refractivity contribution in [2.75, 3.05) is 19.6 Å². The maximum Gasteiger partial charge on any atom is 0.264 e. The van der Waals surface area contributed by atoms with Crippen molar-refractivity contribution in [1.82, 2.24) is 29.5 Å². The Balaban J connectivity index is 1.40. The molecule has 0 aromatic carbocycles. The molecule has 27 heavy (non-hydrogen) atoms. The SMILES string of the molecule is Cn1ncc2c(=O)n(CC(=O)N3CCCC(C(=O)NCC4CC4)C3)cnc21. The van der Waals surface area contributed by atoms with Crippen LogP contribution in [0.2, 0.25) is 0 Å². The summed E-state index contributed by atoms with van der Waals surface area (Å²) in [5.74, 6) is 0.339. The molecule has 2 aromatic heterocycles. The lowest BCUT2D eigenvalue weighted by Crippen LogP contribution is -2.47. The van der Waals surface area contributed by atoms with Crippen LogP contribution < -0.4 is 10.9 Å². The standard InChI is InChI=1S/C18H24N6O3/c1-22-16-14(8-21-22)18(27)24(11-20-16)10-15(25)23-6-2-3-13(9-23)17(26)19-7-12-4-5-12/h8,11-13H,2-7,9-10H2,1H3,(H,19,26). The van der Waals surface area contributed by atoms with Gasteiger partial charge in [-0.1, -0.05) is 0 Å². The molecule has 2 aliphatic rings. The van der Waals surface area contributed by atoms with Gasteiger partial charge in [-0.3, -0.25) is 23.6 Å². The van der Waals surface area contributed by atoms with E-state index in [9.17, 15) is 14.4 Å². The van der Waals surface area contributed by atoms with E-state index in [4.69, 9.17) is 0 Å². The summed E-state index contributed by atoms with van der Waals surface area (Å²) in [6.45, 7) is 1.69. The smallest absolute Gasteiger partial charge is 0.264 e. The summed E-state index contributed by atoms with van der Waals surface area (Å²) in [5, 5.41) is 7.43. The Hall–Kier alpha value is -2.71. The molecule has 1 atom stereocenters. The molecular formula is C18H24N6O3. The molecule has 144 valence electrons. The number of likely N-dealkylation sites (tertiary alicyclic amines) is 1. The van der Waals surface area contributed by atoms with Gasteiger partial charge in [0, 0.05) is 26.7 Å². The summed E-state index contributed by atoms with van der Waals surface area (Å²) in [4.78, 5) is 43.5. The number of carbonyl (C=O) groups excluding carboxylic acids is 2. The molecule has 2 aromatic rings. The van der Waals surface area contributed by atoms with Crippen molar-refractivity contribution in [3.63, 3.8) is 0 Å². The van der Waals surface area contributed by atoms with Gasteiger partial charge in [-0.2, -0.15) is 5.10 Å². The Morgan fingerprint density at radius 3 is 2.89 bits per heavy atom. The van der Waals surface area contributed by atoms with Crippen molar-refractivity contribution >= 4 is 22.8 Å². The second-order valence-corrected chi connectivity index (χ2v) is 7.55. The summed E-state index contributed by atoms with van der Waals surface area (Å²) in [5.41, 5.74) is 0.214. The number of carbonyl (C=O) groups is 2. The van der Waals surface area contributed by atoms with E-state index in [0.29, 0.717) is 30.0 Å². The minimum atomic E-state index is -0.280. The quantitative estimate of drug-likeness (QED) is 0.789. The van der Waals surface area contributed by atoms with Crippen LogP contribution in [0, 0.1) is 11.8 Å². The van der Waals surface area contributed by atoms with Gasteiger partial charge in [0.2, 0.25) is 11.8 Å². The third-order valence-electron chi connectivity index (χ3n) is 5.43. The summed E-state index contributed by atoms with van der Waals surface area (Å²) in [6, 6.07) is 0. The van der Waals surface area contributed by atoms with Crippen LogP contribution in [0.5, 0.6) is 0 Å². The maximum absolute atomic E-state index is 12.7. The number of piperidine rings is 1. The minimum absolute atomic E-state index is 0.0370. The molecule has 9 heteroatoms. The zero-order valence-electron chi connectivity index (χ0n) is 15.4. The highest BCUT2D eigenvalue weighted by atomic mass is 16.2. The number of nitrogens with zero attached hydrogens (tertiary/aromatic N) is 5. The fraction of sp³-hybridized carbons (Fsp3) is 0.611. The van der Waals surface area contributed by atoms with Crippen LogP contribution in [0.15, 0.2) is 17.3 Å². The van der Waals surface area contributed by atoms with Gasteiger partial charge in [0.15, 0.2) is 5.65 Å². The summed E-state index contributed by atoms with van der Waals surface area (Å²) >= 11 is 0. The van der Waals surface area contributed by atoms with Gasteiger partial charge in [-0.05, 0) is 31.6 Å². The largest absolute Gasteiger partial charge is 0.356 e. The van der Waals surface area contributed by atoms with Crippen molar-refractivity contribution in [2.24, 2.45) is 18.9 Å². The van der Waals surface area contributed by atoms with Crippen LogP contribution in [-0.4, -0.2) is 55.7 Å². The number of fused-ring (bicyclic) bond motifs is 1. The van der Waals surface area contributed by atoms with E-state index in [-0.39, 0.29) is 29.8 Å². The van der Waals surface area contributed by atoms with Gasteiger partial charge in [-0.25, -0.2) is 4.98 Å². The molecule has 0 radical (unpaired) electrons. The van der Waals surface area contributed by atoms with Crippen LogP contribution in [0.25, 0.3) is 11.0 Å². The van der Waals surface area contributed by atoms with E-state index in [1.54, 1.807) is 11.9 Å². The second-order valence-electron chi connectivity index (χ2n) is 7.55. The monoisotopic (exact) mass is 372 g/mol. The molecule has 0 bridgehead atoms. The molecule has 1 saturated heterocycles. The van der Waals surface area contributed by atoms with Gasteiger partial charge in [0.1, 0.15) is 18.3 Å². The number of rotatable bonds is 5. The predicted molar refractivity (Wildman–Crippen MR) is 97.8 cm³/mol. The molecule has 4 rings (SSSR count). The first-order chi connectivity index (χ1) is 13.0. The second kappa shape index (κ2) is 7.13. The minimum Gasteiger partial charge on any atom is -0.356 e. The first-order valence-corrected chi connectivity index (χ1v) is 9.45. The predicted octanol–water partition coefficient (Wildman–Crippen LogP) is -0.105. The zero-order valence-corrected chi connectivity index (χ0v) is 15.4. The average molecular weight is 372 g/mol. The summed E-state index contributed by atoms with van der Waals surface area (Å²) in [6.07, 6.45) is 6.82. The molecule has 1 aliphatic carbocycles.